The predicted molar refractivity (Wildman–Crippen MR) is 67.6 cm³/mol. The van der Waals surface area contributed by atoms with E-state index in [1.54, 1.807) is 0 Å². The number of nitrogens with one attached hydrogen (secondary N) is 2. The van der Waals surface area contributed by atoms with Crippen LogP contribution in [0.1, 0.15) is 13.3 Å². The van der Waals surface area contributed by atoms with Gasteiger partial charge in [0.1, 0.15) is 0 Å². The van der Waals surface area contributed by atoms with Crippen LogP contribution in [0.5, 0.6) is 0 Å². The van der Waals surface area contributed by atoms with Crippen molar-refractivity contribution >= 4 is 17.2 Å². The summed E-state index contributed by atoms with van der Waals surface area (Å²) in [5.74, 6) is 2.29. The summed E-state index contributed by atoms with van der Waals surface area (Å²) in [5.41, 5.74) is 1.17. The van der Waals surface area contributed by atoms with E-state index in [0.29, 0.717) is 0 Å². The standard InChI is InChI=1S/C12H18N2S/c1-8(15)14-11-3-4-12-9(6-11)5-10(12)7-13-2/h3-4,6,9-10,12-13H,5,7H2,1-2H3,(H,14,15)/t9-,10?,12?/m1/s1. The highest BCUT2D eigenvalue weighted by Gasteiger charge is 2.38. The van der Waals surface area contributed by atoms with E-state index in [1.165, 1.54) is 12.1 Å². The van der Waals surface area contributed by atoms with E-state index >= 15 is 0 Å². The second-order valence-electron chi connectivity index (χ2n) is 4.46. The Balaban J connectivity index is 1.93. The molecule has 2 aliphatic carbocycles. The minimum absolute atomic E-state index is 0.727. The summed E-state index contributed by atoms with van der Waals surface area (Å²) in [4.78, 5) is 0.843. The molecule has 2 rings (SSSR count). The maximum atomic E-state index is 5.03. The first kappa shape index (κ1) is 10.8. The van der Waals surface area contributed by atoms with Crippen LogP contribution in [0.2, 0.25) is 0 Å². The lowest BCUT2D eigenvalue weighted by molar-refractivity contribution is 0.151. The zero-order chi connectivity index (χ0) is 10.8. The molecule has 3 atom stereocenters. The van der Waals surface area contributed by atoms with E-state index < -0.39 is 0 Å². The van der Waals surface area contributed by atoms with Crippen LogP contribution in [-0.2, 0) is 0 Å². The molecule has 0 aromatic rings. The van der Waals surface area contributed by atoms with Gasteiger partial charge in [-0.2, -0.15) is 0 Å². The van der Waals surface area contributed by atoms with E-state index in [-0.39, 0.29) is 0 Å². The normalized spacial score (nSPS) is 32.7. The largest absolute Gasteiger partial charge is 0.351 e. The molecule has 1 saturated carbocycles. The zero-order valence-electron chi connectivity index (χ0n) is 9.29. The molecule has 2 aliphatic rings. The van der Waals surface area contributed by atoms with E-state index in [2.05, 4.69) is 28.9 Å². The molecule has 0 amide bonds. The number of fused-ring (bicyclic) bond motifs is 1. The summed E-state index contributed by atoms with van der Waals surface area (Å²) in [6, 6.07) is 0. The van der Waals surface area contributed by atoms with Gasteiger partial charge in [-0.15, -0.1) is 0 Å². The number of hydrogen-bond donors (Lipinski definition) is 2. The van der Waals surface area contributed by atoms with E-state index in [1.807, 2.05) is 14.0 Å². The van der Waals surface area contributed by atoms with Crippen LogP contribution in [0.3, 0.4) is 0 Å². The van der Waals surface area contributed by atoms with Crippen LogP contribution in [-0.4, -0.2) is 18.6 Å². The summed E-state index contributed by atoms with van der Waals surface area (Å²) >= 11 is 5.03. The maximum absolute atomic E-state index is 5.03. The van der Waals surface area contributed by atoms with Crippen molar-refractivity contribution in [2.45, 2.75) is 13.3 Å². The lowest BCUT2D eigenvalue weighted by Crippen LogP contribution is -2.41. The number of hydrogen-bond acceptors (Lipinski definition) is 2. The molecule has 15 heavy (non-hydrogen) atoms. The van der Waals surface area contributed by atoms with Crippen molar-refractivity contribution in [1.82, 2.24) is 10.6 Å². The first-order chi connectivity index (χ1) is 7.20. The average Bonchev–Trinajstić information content (AvgIpc) is 2.14. The Morgan fingerprint density at radius 1 is 1.60 bits per heavy atom. The van der Waals surface area contributed by atoms with Crippen molar-refractivity contribution in [3.8, 4) is 0 Å². The van der Waals surface area contributed by atoms with Crippen molar-refractivity contribution in [1.29, 1.82) is 0 Å². The Bertz CT molecular complexity index is 320. The Morgan fingerprint density at radius 2 is 2.40 bits per heavy atom. The Labute approximate surface area is 96.8 Å². The molecule has 0 aliphatic heterocycles. The summed E-state index contributed by atoms with van der Waals surface area (Å²) in [6.07, 6.45) is 8.12. The summed E-state index contributed by atoms with van der Waals surface area (Å²) in [7, 11) is 2.03. The van der Waals surface area contributed by atoms with Gasteiger partial charge in [0.25, 0.3) is 0 Å². The first-order valence-corrected chi connectivity index (χ1v) is 5.93. The Hall–Kier alpha value is -0.670. The van der Waals surface area contributed by atoms with Crippen LogP contribution < -0.4 is 10.6 Å². The second kappa shape index (κ2) is 4.45. The van der Waals surface area contributed by atoms with Gasteiger partial charge in [0.05, 0.1) is 4.99 Å². The monoisotopic (exact) mass is 222 g/mol. The van der Waals surface area contributed by atoms with Crippen molar-refractivity contribution in [3.05, 3.63) is 23.9 Å². The molecule has 3 heteroatoms. The van der Waals surface area contributed by atoms with Crippen LogP contribution in [0.25, 0.3) is 0 Å². The number of rotatable bonds is 3. The molecule has 0 aromatic heterocycles. The fourth-order valence-corrected chi connectivity index (χ4v) is 2.68. The minimum Gasteiger partial charge on any atom is -0.351 e. The third-order valence-corrected chi connectivity index (χ3v) is 3.39. The maximum Gasteiger partial charge on any atom is 0.0765 e. The van der Waals surface area contributed by atoms with Gasteiger partial charge in [0.15, 0.2) is 0 Å². The van der Waals surface area contributed by atoms with Crippen LogP contribution in [0, 0.1) is 17.8 Å². The fourth-order valence-electron chi connectivity index (χ4n) is 2.57. The fraction of sp³-hybridized carbons (Fsp3) is 0.583. The number of allylic oxidation sites excluding steroid dienone is 3. The van der Waals surface area contributed by atoms with Gasteiger partial charge < -0.3 is 10.6 Å². The summed E-state index contributed by atoms with van der Waals surface area (Å²) < 4.78 is 0. The van der Waals surface area contributed by atoms with Gasteiger partial charge in [-0.05, 0) is 50.8 Å². The van der Waals surface area contributed by atoms with Crippen molar-refractivity contribution < 1.29 is 0 Å². The first-order valence-electron chi connectivity index (χ1n) is 5.53. The van der Waals surface area contributed by atoms with E-state index in [4.69, 9.17) is 12.2 Å². The van der Waals surface area contributed by atoms with Gasteiger partial charge in [-0.25, -0.2) is 0 Å². The van der Waals surface area contributed by atoms with Gasteiger partial charge in [-0.1, -0.05) is 24.4 Å². The molecular formula is C12H18N2S. The van der Waals surface area contributed by atoms with Gasteiger partial charge >= 0.3 is 0 Å². The molecule has 2 unspecified atom stereocenters. The zero-order valence-corrected chi connectivity index (χ0v) is 10.1. The van der Waals surface area contributed by atoms with Gasteiger partial charge in [0.2, 0.25) is 0 Å². The highest BCUT2D eigenvalue weighted by molar-refractivity contribution is 7.80. The average molecular weight is 222 g/mol. The molecule has 0 spiro atoms. The molecule has 0 saturated heterocycles. The topological polar surface area (TPSA) is 24.1 Å². The molecule has 2 N–H and O–H groups in total. The molecule has 0 aromatic carbocycles. The lowest BCUT2D eigenvalue weighted by Gasteiger charge is -2.44. The Kier molecular flexibility index (Phi) is 3.22. The van der Waals surface area contributed by atoms with Gasteiger partial charge in [-0.3, -0.25) is 0 Å². The van der Waals surface area contributed by atoms with Crippen molar-refractivity contribution in [2.24, 2.45) is 17.8 Å². The van der Waals surface area contributed by atoms with Crippen molar-refractivity contribution in [3.63, 3.8) is 0 Å². The molecule has 0 bridgehead atoms. The van der Waals surface area contributed by atoms with E-state index in [9.17, 15) is 0 Å². The minimum atomic E-state index is 0.727. The quantitative estimate of drug-likeness (QED) is 0.713. The van der Waals surface area contributed by atoms with Crippen LogP contribution >= 0.6 is 12.2 Å². The summed E-state index contributed by atoms with van der Waals surface area (Å²) in [6.45, 7) is 3.05. The van der Waals surface area contributed by atoms with Crippen LogP contribution in [0.4, 0.5) is 0 Å². The predicted octanol–water partition coefficient (Wildman–Crippen LogP) is 1.85. The Morgan fingerprint density at radius 3 is 3.00 bits per heavy atom. The number of thiocarbonyl (C=S) groups is 1. The lowest BCUT2D eigenvalue weighted by atomic mass is 9.63. The molecular weight excluding hydrogens is 204 g/mol. The SMILES string of the molecule is CNCC1C[C@@H]2C=C(NC(C)=S)C=CC12. The van der Waals surface area contributed by atoms with Gasteiger partial charge in [0, 0.05) is 5.70 Å². The molecule has 2 nitrogen and oxygen atoms in total. The third-order valence-electron chi connectivity index (χ3n) is 3.29. The molecule has 0 radical (unpaired) electrons. The molecule has 0 heterocycles. The van der Waals surface area contributed by atoms with Crippen LogP contribution in [0.15, 0.2) is 23.9 Å². The smallest absolute Gasteiger partial charge is 0.0765 e. The second-order valence-corrected chi connectivity index (χ2v) is 5.07. The summed E-state index contributed by atoms with van der Waals surface area (Å²) in [5, 5.41) is 6.46. The highest BCUT2D eigenvalue weighted by atomic mass is 32.1. The molecule has 82 valence electrons. The van der Waals surface area contributed by atoms with E-state index in [0.717, 1.165) is 29.3 Å². The highest BCUT2D eigenvalue weighted by Crippen LogP contribution is 2.44. The third kappa shape index (κ3) is 2.29. The van der Waals surface area contributed by atoms with Crippen molar-refractivity contribution in [2.75, 3.05) is 13.6 Å². The molecule has 1 fully saturated rings.